The maximum Gasteiger partial charge on any atom is 0.497 e. The molecule has 0 saturated heterocycles. The van der Waals surface area contributed by atoms with E-state index < -0.39 is 26.9 Å². The Morgan fingerprint density at radius 1 is 1.28 bits per heavy atom. The average Bonchev–Trinajstić information content (AvgIpc) is 2.26. The lowest BCUT2D eigenvalue weighted by molar-refractivity contribution is -0.0437. The lowest BCUT2D eigenvalue weighted by atomic mass is 10.1. The molecule has 0 saturated carbocycles. The van der Waals surface area contributed by atoms with Gasteiger partial charge in [0.1, 0.15) is 0 Å². The number of halogens is 3. The summed E-state index contributed by atoms with van der Waals surface area (Å²) in [6.07, 6.45) is 0.416. The Bertz CT molecular complexity index is 578. The number of Topliss-reactive ketones (excluding diaryl/α,β-unsaturated/α-hetero) is 1. The van der Waals surface area contributed by atoms with Crippen molar-refractivity contribution in [2.75, 3.05) is 0 Å². The molecule has 0 heterocycles. The molecule has 0 aliphatic rings. The van der Waals surface area contributed by atoms with Crippen LogP contribution in [0.4, 0.5) is 13.2 Å². The van der Waals surface area contributed by atoms with Gasteiger partial charge in [-0.1, -0.05) is 24.3 Å². The Kier molecular flexibility index (Phi) is 3.90. The van der Waals surface area contributed by atoms with Gasteiger partial charge in [-0.05, 0) is 5.56 Å². The standard InChI is InChI=1S/C10H8F3NO3S/c11-10(12,13)18(16,17)6-7-3-1-2-4-8(7)9(15)5-14/h1-5,14H,6H2. The Balaban J connectivity index is 3.21. The smallest absolute Gasteiger partial charge is 0.305 e. The van der Waals surface area contributed by atoms with Crippen molar-refractivity contribution in [1.82, 2.24) is 0 Å². The molecule has 0 amide bonds. The Morgan fingerprint density at radius 3 is 2.33 bits per heavy atom. The molecule has 0 aromatic heterocycles. The Morgan fingerprint density at radius 2 is 1.83 bits per heavy atom. The molecule has 1 aromatic rings. The first-order valence-electron chi connectivity index (χ1n) is 4.61. The summed E-state index contributed by atoms with van der Waals surface area (Å²) in [5.74, 6) is -2.16. The van der Waals surface area contributed by atoms with Crippen molar-refractivity contribution < 1.29 is 26.4 Å². The first-order valence-corrected chi connectivity index (χ1v) is 6.26. The molecule has 4 nitrogen and oxygen atoms in total. The van der Waals surface area contributed by atoms with E-state index in [1.165, 1.54) is 18.2 Å². The molecule has 0 unspecified atom stereocenters. The molecule has 0 radical (unpaired) electrons. The summed E-state index contributed by atoms with van der Waals surface area (Å²) in [5.41, 5.74) is -5.86. The van der Waals surface area contributed by atoms with Crippen LogP contribution in [0.3, 0.4) is 0 Å². The number of rotatable bonds is 4. The number of alkyl halides is 3. The van der Waals surface area contributed by atoms with Crippen LogP contribution >= 0.6 is 0 Å². The van der Waals surface area contributed by atoms with Crippen LogP contribution in [0.1, 0.15) is 15.9 Å². The van der Waals surface area contributed by atoms with E-state index in [1.54, 1.807) is 0 Å². The van der Waals surface area contributed by atoms with Gasteiger partial charge in [-0.15, -0.1) is 0 Å². The van der Waals surface area contributed by atoms with Gasteiger partial charge < -0.3 is 5.41 Å². The first kappa shape index (κ1) is 14.4. The lowest BCUT2D eigenvalue weighted by Crippen LogP contribution is -2.25. The zero-order valence-electron chi connectivity index (χ0n) is 8.86. The summed E-state index contributed by atoms with van der Waals surface area (Å²) in [4.78, 5) is 11.3. The molecule has 0 atom stereocenters. The predicted octanol–water partition coefficient (Wildman–Crippen LogP) is 1.95. The zero-order chi connectivity index (χ0) is 14.0. The number of nitrogens with one attached hydrogen (secondary N) is 1. The second-order valence-corrected chi connectivity index (χ2v) is 5.35. The largest absolute Gasteiger partial charge is 0.497 e. The van der Waals surface area contributed by atoms with E-state index in [2.05, 4.69) is 0 Å². The van der Waals surface area contributed by atoms with Crippen LogP contribution in [0.15, 0.2) is 24.3 Å². The highest BCUT2D eigenvalue weighted by atomic mass is 32.2. The van der Waals surface area contributed by atoms with E-state index >= 15 is 0 Å². The van der Waals surface area contributed by atoms with Gasteiger partial charge in [-0.2, -0.15) is 13.2 Å². The van der Waals surface area contributed by atoms with Gasteiger partial charge in [0.2, 0.25) is 5.78 Å². The molecule has 8 heteroatoms. The van der Waals surface area contributed by atoms with Gasteiger partial charge >= 0.3 is 5.51 Å². The van der Waals surface area contributed by atoms with E-state index in [0.29, 0.717) is 6.21 Å². The van der Waals surface area contributed by atoms with Crippen molar-refractivity contribution in [3.05, 3.63) is 35.4 Å². The third kappa shape index (κ3) is 2.95. The Hall–Kier alpha value is -1.70. The quantitative estimate of drug-likeness (QED) is 0.676. The average molecular weight is 279 g/mol. The summed E-state index contributed by atoms with van der Waals surface area (Å²) < 4.78 is 58.6. The van der Waals surface area contributed by atoms with E-state index in [0.717, 1.165) is 6.07 Å². The third-order valence-electron chi connectivity index (χ3n) is 2.11. The molecular weight excluding hydrogens is 271 g/mol. The summed E-state index contributed by atoms with van der Waals surface area (Å²) >= 11 is 0. The molecule has 0 aliphatic carbocycles. The molecule has 0 bridgehead atoms. The first-order chi connectivity index (χ1) is 8.19. The number of carbonyl (C=O) groups excluding carboxylic acids is 1. The number of hydrogen-bond donors (Lipinski definition) is 1. The van der Waals surface area contributed by atoms with E-state index in [9.17, 15) is 26.4 Å². The molecule has 98 valence electrons. The molecular formula is C10H8F3NO3S. The number of ketones is 1. The molecule has 1 rings (SSSR count). The van der Waals surface area contributed by atoms with E-state index in [-0.39, 0.29) is 11.1 Å². The Labute approximate surface area is 101 Å². The third-order valence-corrected chi connectivity index (χ3v) is 3.51. The fourth-order valence-corrected chi connectivity index (χ4v) is 2.08. The minimum atomic E-state index is -5.37. The topological polar surface area (TPSA) is 75.1 Å². The summed E-state index contributed by atoms with van der Waals surface area (Å²) in [7, 11) is -5.34. The van der Waals surface area contributed by atoms with Crippen molar-refractivity contribution in [2.24, 2.45) is 0 Å². The molecule has 1 aromatic carbocycles. The van der Waals surface area contributed by atoms with Crippen LogP contribution in [0, 0.1) is 5.41 Å². The zero-order valence-corrected chi connectivity index (χ0v) is 9.68. The monoisotopic (exact) mass is 279 g/mol. The molecule has 18 heavy (non-hydrogen) atoms. The van der Waals surface area contributed by atoms with Crippen LogP contribution in [0.5, 0.6) is 0 Å². The minimum absolute atomic E-state index is 0.222. The van der Waals surface area contributed by atoms with Crippen LogP contribution in [-0.4, -0.2) is 25.9 Å². The van der Waals surface area contributed by atoms with Crippen molar-refractivity contribution in [2.45, 2.75) is 11.3 Å². The van der Waals surface area contributed by atoms with Gasteiger partial charge in [-0.3, -0.25) is 4.79 Å². The second kappa shape index (κ2) is 4.89. The van der Waals surface area contributed by atoms with Gasteiger partial charge in [-0.25, -0.2) is 8.42 Å². The van der Waals surface area contributed by atoms with E-state index in [4.69, 9.17) is 5.41 Å². The number of sulfone groups is 1. The van der Waals surface area contributed by atoms with Crippen LogP contribution in [0.25, 0.3) is 0 Å². The minimum Gasteiger partial charge on any atom is -0.305 e. The van der Waals surface area contributed by atoms with Crippen molar-refractivity contribution in [3.63, 3.8) is 0 Å². The van der Waals surface area contributed by atoms with Gasteiger partial charge in [0.05, 0.1) is 12.0 Å². The van der Waals surface area contributed by atoms with Crippen molar-refractivity contribution in [1.29, 1.82) is 5.41 Å². The normalized spacial score (nSPS) is 12.2. The van der Waals surface area contributed by atoms with Crippen molar-refractivity contribution in [3.8, 4) is 0 Å². The van der Waals surface area contributed by atoms with Crippen LogP contribution in [-0.2, 0) is 15.6 Å². The summed E-state index contributed by atoms with van der Waals surface area (Å²) in [5, 5.41) is 6.75. The highest BCUT2D eigenvalue weighted by molar-refractivity contribution is 7.91. The highest BCUT2D eigenvalue weighted by Crippen LogP contribution is 2.27. The van der Waals surface area contributed by atoms with Gasteiger partial charge in [0.15, 0.2) is 0 Å². The van der Waals surface area contributed by atoms with E-state index in [1.807, 2.05) is 0 Å². The maximum atomic E-state index is 12.2. The second-order valence-electron chi connectivity index (χ2n) is 3.37. The number of benzene rings is 1. The molecule has 0 aliphatic heterocycles. The van der Waals surface area contributed by atoms with Crippen LogP contribution < -0.4 is 0 Å². The maximum absolute atomic E-state index is 12.2. The fourth-order valence-electron chi connectivity index (χ4n) is 1.25. The number of carbonyl (C=O) groups is 1. The van der Waals surface area contributed by atoms with Gasteiger partial charge in [0, 0.05) is 5.56 Å². The number of hydrogen-bond acceptors (Lipinski definition) is 4. The van der Waals surface area contributed by atoms with Crippen molar-refractivity contribution >= 4 is 21.8 Å². The molecule has 1 N–H and O–H groups in total. The SMILES string of the molecule is N=CC(=O)c1ccccc1CS(=O)(=O)C(F)(F)F. The predicted molar refractivity (Wildman–Crippen MR) is 58.2 cm³/mol. The highest BCUT2D eigenvalue weighted by Gasteiger charge is 2.45. The van der Waals surface area contributed by atoms with Gasteiger partial charge in [0.25, 0.3) is 9.84 Å². The molecule has 0 spiro atoms. The van der Waals surface area contributed by atoms with Crippen LogP contribution in [0.2, 0.25) is 0 Å². The summed E-state index contributed by atoms with van der Waals surface area (Å²) in [6.45, 7) is 0. The lowest BCUT2D eigenvalue weighted by Gasteiger charge is -2.10. The molecule has 0 fully saturated rings. The fraction of sp³-hybridized carbons (Fsp3) is 0.200. The summed E-state index contributed by atoms with van der Waals surface area (Å²) in [6, 6.07) is 4.98.